The molecule has 19 heavy (non-hydrogen) atoms. The fourth-order valence-corrected chi connectivity index (χ4v) is 3.47. The van der Waals surface area contributed by atoms with Gasteiger partial charge in [-0.05, 0) is 52.9 Å². The van der Waals surface area contributed by atoms with E-state index in [1.54, 1.807) is 0 Å². The molecule has 5 nitrogen and oxygen atoms in total. The van der Waals surface area contributed by atoms with E-state index in [4.69, 9.17) is 4.74 Å². The van der Waals surface area contributed by atoms with Crippen LogP contribution in [-0.4, -0.2) is 74.7 Å². The molecule has 2 atom stereocenters. The van der Waals surface area contributed by atoms with Crippen molar-refractivity contribution in [3.8, 4) is 0 Å². The quantitative estimate of drug-likeness (QED) is 0.747. The summed E-state index contributed by atoms with van der Waals surface area (Å²) in [5, 5.41) is 3.21. The number of carbonyl (C=O) groups is 1. The standard InChI is InChI=1S/C14H27N3O2/c1-15-14(13(18)19-3)6-5-12(11-14)17-8-4-7-16(2)9-10-17/h12,15H,4-11H2,1-3H3. The Morgan fingerprint density at radius 2 is 2.11 bits per heavy atom. The van der Waals surface area contributed by atoms with Crippen LogP contribution in [0.25, 0.3) is 0 Å². The maximum absolute atomic E-state index is 12.0. The molecule has 0 bridgehead atoms. The lowest BCUT2D eigenvalue weighted by Gasteiger charge is -2.30. The maximum Gasteiger partial charge on any atom is 0.326 e. The average Bonchev–Trinajstić information content (AvgIpc) is 2.76. The first-order valence-corrected chi connectivity index (χ1v) is 7.31. The Morgan fingerprint density at radius 1 is 1.32 bits per heavy atom. The predicted octanol–water partition coefficient (Wildman–Crippen LogP) is 0.308. The third-order valence-corrected chi connectivity index (χ3v) is 4.81. The fourth-order valence-electron chi connectivity index (χ4n) is 3.47. The summed E-state index contributed by atoms with van der Waals surface area (Å²) in [6.45, 7) is 4.57. The Balaban J connectivity index is 1.98. The van der Waals surface area contributed by atoms with Crippen molar-refractivity contribution in [3.63, 3.8) is 0 Å². The van der Waals surface area contributed by atoms with Crippen LogP contribution in [0.2, 0.25) is 0 Å². The second kappa shape index (κ2) is 6.20. The van der Waals surface area contributed by atoms with Gasteiger partial charge in [0, 0.05) is 19.1 Å². The first-order valence-electron chi connectivity index (χ1n) is 7.31. The van der Waals surface area contributed by atoms with Crippen LogP contribution in [-0.2, 0) is 9.53 Å². The molecule has 0 spiro atoms. The third-order valence-electron chi connectivity index (χ3n) is 4.81. The molecule has 2 rings (SSSR count). The van der Waals surface area contributed by atoms with Gasteiger partial charge in [0.05, 0.1) is 7.11 Å². The van der Waals surface area contributed by atoms with Crippen LogP contribution in [0.1, 0.15) is 25.7 Å². The minimum atomic E-state index is -0.461. The summed E-state index contributed by atoms with van der Waals surface area (Å²) in [6.07, 6.45) is 4.06. The zero-order valence-electron chi connectivity index (χ0n) is 12.4. The Hall–Kier alpha value is -0.650. The Kier molecular flexibility index (Phi) is 4.81. The number of methoxy groups -OCH3 is 1. The van der Waals surface area contributed by atoms with E-state index in [0.29, 0.717) is 6.04 Å². The summed E-state index contributed by atoms with van der Waals surface area (Å²) in [6, 6.07) is 0.512. The first kappa shape index (κ1) is 14.8. The molecule has 0 aromatic rings. The highest BCUT2D eigenvalue weighted by Crippen LogP contribution is 2.34. The van der Waals surface area contributed by atoms with Crippen molar-refractivity contribution < 1.29 is 9.53 Å². The molecule has 5 heteroatoms. The third kappa shape index (κ3) is 3.09. The van der Waals surface area contributed by atoms with Crippen LogP contribution in [0, 0.1) is 0 Å². The van der Waals surface area contributed by atoms with Gasteiger partial charge in [-0.15, -0.1) is 0 Å². The van der Waals surface area contributed by atoms with Crippen molar-refractivity contribution in [1.82, 2.24) is 15.1 Å². The molecule has 2 unspecified atom stereocenters. The summed E-state index contributed by atoms with van der Waals surface area (Å²) in [5.74, 6) is -0.107. The average molecular weight is 269 g/mol. The van der Waals surface area contributed by atoms with Crippen molar-refractivity contribution in [1.29, 1.82) is 0 Å². The topological polar surface area (TPSA) is 44.8 Å². The van der Waals surface area contributed by atoms with Crippen molar-refractivity contribution in [2.75, 3.05) is 47.4 Å². The lowest BCUT2D eigenvalue weighted by molar-refractivity contribution is -0.148. The Bertz CT molecular complexity index is 324. The van der Waals surface area contributed by atoms with E-state index in [9.17, 15) is 4.79 Å². The lowest BCUT2D eigenvalue weighted by atomic mass is 9.97. The van der Waals surface area contributed by atoms with Gasteiger partial charge in [0.1, 0.15) is 5.54 Å². The van der Waals surface area contributed by atoms with Crippen LogP contribution in [0.15, 0.2) is 0 Å². The zero-order valence-corrected chi connectivity index (χ0v) is 12.4. The van der Waals surface area contributed by atoms with Gasteiger partial charge in [-0.2, -0.15) is 0 Å². The summed E-state index contributed by atoms with van der Waals surface area (Å²) in [5.41, 5.74) is -0.461. The molecule has 110 valence electrons. The van der Waals surface area contributed by atoms with E-state index in [1.165, 1.54) is 20.1 Å². The molecule has 2 fully saturated rings. The van der Waals surface area contributed by atoms with Gasteiger partial charge >= 0.3 is 5.97 Å². The van der Waals surface area contributed by atoms with Crippen LogP contribution in [0.5, 0.6) is 0 Å². The molecule has 1 N–H and O–H groups in total. The normalized spacial score (nSPS) is 34.2. The lowest BCUT2D eigenvalue weighted by Crippen LogP contribution is -2.50. The van der Waals surface area contributed by atoms with E-state index < -0.39 is 5.54 Å². The van der Waals surface area contributed by atoms with Gasteiger partial charge in [-0.25, -0.2) is 0 Å². The van der Waals surface area contributed by atoms with E-state index in [0.717, 1.165) is 38.9 Å². The highest BCUT2D eigenvalue weighted by molar-refractivity contribution is 5.81. The number of ether oxygens (including phenoxy) is 1. The van der Waals surface area contributed by atoms with Crippen molar-refractivity contribution in [2.24, 2.45) is 0 Å². The summed E-state index contributed by atoms with van der Waals surface area (Å²) < 4.78 is 4.98. The van der Waals surface area contributed by atoms with Gasteiger partial charge in [0.2, 0.25) is 0 Å². The molecular formula is C14H27N3O2. The number of esters is 1. The number of carbonyl (C=O) groups excluding carboxylic acids is 1. The zero-order chi connectivity index (χ0) is 13.9. The molecule has 0 aromatic heterocycles. The Labute approximate surface area is 116 Å². The summed E-state index contributed by atoms with van der Waals surface area (Å²) in [4.78, 5) is 17.0. The number of rotatable bonds is 3. The van der Waals surface area contributed by atoms with Crippen molar-refractivity contribution in [3.05, 3.63) is 0 Å². The molecule has 0 radical (unpaired) electrons. The maximum atomic E-state index is 12.0. The van der Waals surface area contributed by atoms with Gasteiger partial charge in [-0.1, -0.05) is 0 Å². The van der Waals surface area contributed by atoms with Crippen LogP contribution in [0.3, 0.4) is 0 Å². The van der Waals surface area contributed by atoms with E-state index in [1.807, 2.05) is 7.05 Å². The van der Waals surface area contributed by atoms with E-state index in [-0.39, 0.29) is 5.97 Å². The number of nitrogens with one attached hydrogen (secondary N) is 1. The summed E-state index contributed by atoms with van der Waals surface area (Å²) in [7, 11) is 5.54. The van der Waals surface area contributed by atoms with E-state index >= 15 is 0 Å². The van der Waals surface area contributed by atoms with Gasteiger partial charge in [0.15, 0.2) is 0 Å². The van der Waals surface area contributed by atoms with Crippen molar-refractivity contribution in [2.45, 2.75) is 37.3 Å². The largest absolute Gasteiger partial charge is 0.468 e. The molecule has 1 saturated carbocycles. The number of nitrogens with zero attached hydrogens (tertiary/aromatic N) is 2. The predicted molar refractivity (Wildman–Crippen MR) is 75.1 cm³/mol. The number of hydrogen-bond donors (Lipinski definition) is 1. The second-order valence-corrected chi connectivity index (χ2v) is 5.91. The molecule has 1 aliphatic carbocycles. The molecule has 0 aromatic carbocycles. The minimum Gasteiger partial charge on any atom is -0.468 e. The summed E-state index contributed by atoms with van der Waals surface area (Å²) >= 11 is 0. The molecule has 0 amide bonds. The van der Waals surface area contributed by atoms with Crippen LogP contribution < -0.4 is 5.32 Å². The Morgan fingerprint density at radius 3 is 2.79 bits per heavy atom. The van der Waals surface area contributed by atoms with Crippen molar-refractivity contribution >= 4 is 5.97 Å². The highest BCUT2D eigenvalue weighted by Gasteiger charge is 2.46. The second-order valence-electron chi connectivity index (χ2n) is 5.91. The molecule has 2 aliphatic rings. The van der Waals surface area contributed by atoms with Crippen LogP contribution >= 0.6 is 0 Å². The van der Waals surface area contributed by atoms with Gasteiger partial charge < -0.3 is 15.0 Å². The smallest absolute Gasteiger partial charge is 0.326 e. The molecule has 1 heterocycles. The van der Waals surface area contributed by atoms with Gasteiger partial charge in [0.25, 0.3) is 0 Å². The monoisotopic (exact) mass is 269 g/mol. The number of hydrogen-bond acceptors (Lipinski definition) is 5. The highest BCUT2D eigenvalue weighted by atomic mass is 16.5. The van der Waals surface area contributed by atoms with Crippen LogP contribution in [0.4, 0.5) is 0 Å². The molecular weight excluding hydrogens is 242 g/mol. The number of likely N-dealkylation sites (N-methyl/N-ethyl adjacent to an activating group) is 2. The molecule has 1 aliphatic heterocycles. The fraction of sp³-hybridized carbons (Fsp3) is 0.929. The van der Waals surface area contributed by atoms with Gasteiger partial charge in [-0.3, -0.25) is 9.69 Å². The van der Waals surface area contributed by atoms with E-state index in [2.05, 4.69) is 22.2 Å². The SMILES string of the molecule is CNC1(C(=O)OC)CCC(N2CCCN(C)CC2)C1. The first-order chi connectivity index (χ1) is 9.11. The molecule has 1 saturated heterocycles. The minimum absolute atomic E-state index is 0.107.